The topological polar surface area (TPSA) is 132 Å². The second kappa shape index (κ2) is 16.3. The van der Waals surface area contributed by atoms with Gasteiger partial charge in [-0.15, -0.1) is 0 Å². The summed E-state index contributed by atoms with van der Waals surface area (Å²) < 4.78 is 0. The van der Waals surface area contributed by atoms with Crippen LogP contribution in [-0.2, 0) is 17.1 Å². The van der Waals surface area contributed by atoms with Gasteiger partial charge in [-0.2, -0.15) is 0 Å². The first-order chi connectivity index (χ1) is 3.46. The van der Waals surface area contributed by atoms with E-state index in [2.05, 4.69) is 0 Å². The molecule has 0 aromatic heterocycles. The van der Waals surface area contributed by atoms with Crippen molar-refractivity contribution in [2.24, 2.45) is 0 Å². The van der Waals surface area contributed by atoms with E-state index in [0.717, 1.165) is 0 Å². The molecule has 10 heavy (non-hydrogen) atoms. The zero-order chi connectivity index (χ0) is 7.15. The molecule has 0 amide bonds. The summed E-state index contributed by atoms with van der Waals surface area (Å²) in [6.07, 6.45) is 0. The zero-order valence-electron chi connectivity index (χ0n) is 5.72. The van der Waals surface area contributed by atoms with Gasteiger partial charge in [-0.3, -0.25) is 0 Å². The molecule has 0 unspecified atom stereocenters. The van der Waals surface area contributed by atoms with Crippen LogP contribution in [0.25, 0.3) is 0 Å². The van der Waals surface area contributed by atoms with E-state index in [4.69, 9.17) is 30.6 Å². The van der Waals surface area contributed by atoms with Gasteiger partial charge in [0.25, 0.3) is 0 Å². The van der Waals surface area contributed by atoms with Crippen molar-refractivity contribution in [3.05, 3.63) is 30.6 Å². The van der Waals surface area contributed by atoms with Gasteiger partial charge in [0, 0.05) is 0 Å². The molecule has 0 fully saturated rings. The van der Waals surface area contributed by atoms with Crippen LogP contribution in [0.1, 0.15) is 1.43 Å². The van der Waals surface area contributed by atoms with E-state index in [1.54, 1.807) is 0 Å². The van der Waals surface area contributed by atoms with Gasteiger partial charge in [-0.25, -0.2) is 0 Å². The molecule has 10 heteroatoms. The Bertz CT molecular complexity index is 78.6. The third kappa shape index (κ3) is 1580. The maximum atomic E-state index is 8.25. The van der Waals surface area contributed by atoms with Gasteiger partial charge >= 0.3 is 68.5 Å². The Morgan fingerprint density at radius 1 is 0.900 bits per heavy atom. The van der Waals surface area contributed by atoms with E-state index in [9.17, 15) is 0 Å². The Labute approximate surface area is 109 Å². The first-order valence-corrected chi connectivity index (χ1v) is 1.10. The van der Waals surface area contributed by atoms with Crippen LogP contribution in [0, 0.1) is 30.6 Å². The molecule has 0 spiro atoms. The van der Waals surface area contributed by atoms with Crippen LogP contribution in [0.3, 0.4) is 0 Å². The smallest absolute Gasteiger partial charge is 1.00 e. The van der Waals surface area contributed by atoms with Crippen LogP contribution in [0.5, 0.6) is 0 Å². The minimum Gasteiger partial charge on any atom is -1.00 e. The van der Waals surface area contributed by atoms with Crippen LogP contribution in [0.4, 0.5) is 0 Å². The molecule has 0 aliphatic heterocycles. The molecule has 0 aliphatic carbocycles. The number of hydrogen-bond acceptors (Lipinski definition) is 6. The Balaban J connectivity index is -0.0000000171. The maximum Gasteiger partial charge on any atom is 2.00 e. The molecule has 55 valence electrons. The fraction of sp³-hybridized carbons (Fsp3) is 0. The summed E-state index contributed by atoms with van der Waals surface area (Å²) >= 11 is 0. The average Bonchev–Trinajstić information content (AvgIpc) is 1.25. The van der Waals surface area contributed by atoms with E-state index in [-0.39, 0.29) is 69.9 Å². The Kier molecular flexibility index (Phi) is 36.5. The quantitative estimate of drug-likeness (QED) is 0.237. The second-order valence-corrected chi connectivity index (χ2v) is 0.447. The Hall–Kier alpha value is 0.556. The maximum absolute atomic E-state index is 8.25. The predicted molar refractivity (Wildman–Crippen MR) is 21.8 cm³/mol. The third-order valence-corrected chi connectivity index (χ3v) is 0. The summed E-state index contributed by atoms with van der Waals surface area (Å²) in [5.41, 5.74) is 0. The molecule has 8 nitrogen and oxygen atoms in total. The predicted octanol–water partition coefficient (Wildman–Crippen LogP) is -3.36. The fourth-order valence-corrected chi connectivity index (χ4v) is 0. The monoisotopic (exact) mass is 219 g/mol. The molecule has 1 radical (unpaired) electrons. The van der Waals surface area contributed by atoms with Crippen molar-refractivity contribution < 1.29 is 80.1 Å². The zero-order valence-corrected chi connectivity index (χ0v) is 9.03. The van der Waals surface area contributed by atoms with Crippen molar-refractivity contribution >= 4 is 0 Å². The fourth-order valence-electron chi connectivity index (χ4n) is 0. The molecule has 0 heterocycles. The molecule has 0 saturated carbocycles. The first-order valence-electron chi connectivity index (χ1n) is 1.10. The Morgan fingerprint density at radius 2 is 0.900 bits per heavy atom. The summed E-state index contributed by atoms with van der Waals surface area (Å²) in [6, 6.07) is 0. The van der Waals surface area contributed by atoms with Crippen molar-refractivity contribution in [2.45, 2.75) is 0 Å². The molecule has 0 saturated heterocycles. The van der Waals surface area contributed by atoms with Crippen molar-refractivity contribution in [1.82, 2.24) is 0 Å². The molecule has 0 aliphatic rings. The summed E-state index contributed by atoms with van der Waals surface area (Å²) in [5, 5.41) is 29.5. The number of rotatable bonds is 0. The standard InChI is InChI=1S/K.Mn.2NO3.H/c;;2*2-1(3)4;/q+1;+2;3*-1. The van der Waals surface area contributed by atoms with Crippen molar-refractivity contribution in [1.29, 1.82) is 0 Å². The molecule has 0 N–H and O–H groups in total. The summed E-state index contributed by atoms with van der Waals surface area (Å²) in [4.78, 5) is 16.5. The van der Waals surface area contributed by atoms with Crippen LogP contribution in [0.15, 0.2) is 0 Å². The van der Waals surface area contributed by atoms with Gasteiger partial charge in [0.05, 0.1) is 10.2 Å². The largest absolute Gasteiger partial charge is 2.00 e. The molecule has 0 aromatic rings. The summed E-state index contributed by atoms with van der Waals surface area (Å²) in [6.45, 7) is 0. The minimum absolute atomic E-state index is 0. The minimum atomic E-state index is -1.75. The molecule has 0 rings (SSSR count). The first kappa shape index (κ1) is 22.4. The summed E-state index contributed by atoms with van der Waals surface area (Å²) in [5.74, 6) is 0. The van der Waals surface area contributed by atoms with Gasteiger partial charge < -0.3 is 32.1 Å². The molecular formula is HKMnN2O6. The van der Waals surface area contributed by atoms with E-state index < -0.39 is 10.2 Å². The van der Waals surface area contributed by atoms with Crippen LogP contribution >= 0.6 is 0 Å². The second-order valence-electron chi connectivity index (χ2n) is 0.447. The number of hydrogen-bond donors (Lipinski definition) is 0. The normalized spacial score (nSPS) is 4.80. The van der Waals surface area contributed by atoms with Crippen LogP contribution in [0.2, 0.25) is 0 Å². The third-order valence-electron chi connectivity index (χ3n) is 0. The van der Waals surface area contributed by atoms with Gasteiger partial charge in [-0.1, -0.05) is 0 Å². The molecule has 0 aromatic carbocycles. The summed E-state index contributed by atoms with van der Waals surface area (Å²) in [7, 11) is 0. The van der Waals surface area contributed by atoms with E-state index in [1.165, 1.54) is 0 Å². The van der Waals surface area contributed by atoms with Gasteiger partial charge in [0.1, 0.15) is 0 Å². The molecular weight excluding hydrogens is 218 g/mol. The van der Waals surface area contributed by atoms with Crippen LogP contribution in [-0.4, -0.2) is 10.2 Å². The van der Waals surface area contributed by atoms with E-state index in [0.29, 0.717) is 0 Å². The molecule has 0 bridgehead atoms. The average molecular weight is 219 g/mol. The Morgan fingerprint density at radius 3 is 0.900 bits per heavy atom. The van der Waals surface area contributed by atoms with E-state index >= 15 is 0 Å². The van der Waals surface area contributed by atoms with Crippen molar-refractivity contribution in [3.63, 3.8) is 0 Å². The van der Waals surface area contributed by atoms with Crippen molar-refractivity contribution in [2.75, 3.05) is 0 Å². The van der Waals surface area contributed by atoms with Crippen LogP contribution < -0.4 is 51.4 Å². The van der Waals surface area contributed by atoms with Gasteiger partial charge in [0.2, 0.25) is 0 Å². The molecule has 0 atom stereocenters. The number of nitrogens with zero attached hydrogens (tertiary/aromatic N) is 2. The van der Waals surface area contributed by atoms with E-state index in [1.807, 2.05) is 0 Å². The SMILES string of the molecule is O=[N+]([O-])[O-].O=[N+]([O-])[O-].[H-].[K+].[Mn+2]. The van der Waals surface area contributed by atoms with Gasteiger partial charge in [0.15, 0.2) is 0 Å². The van der Waals surface area contributed by atoms with Crippen molar-refractivity contribution in [3.8, 4) is 0 Å². The van der Waals surface area contributed by atoms with Gasteiger partial charge in [-0.05, 0) is 0 Å².